The van der Waals surface area contributed by atoms with Gasteiger partial charge in [-0.25, -0.2) is 13.1 Å². The van der Waals surface area contributed by atoms with Crippen molar-refractivity contribution >= 4 is 21.6 Å². The lowest BCUT2D eigenvalue weighted by Gasteiger charge is -2.08. The van der Waals surface area contributed by atoms with Crippen molar-refractivity contribution < 1.29 is 8.42 Å². The minimum absolute atomic E-state index is 0.164. The Bertz CT molecular complexity index is 782. The highest BCUT2D eigenvalue weighted by molar-refractivity contribution is 7.89. The number of nitrogens with zero attached hydrogens (tertiary/aromatic N) is 2. The van der Waals surface area contributed by atoms with Gasteiger partial charge in [0.2, 0.25) is 10.0 Å². The summed E-state index contributed by atoms with van der Waals surface area (Å²) in [7, 11) is -1.76. The minimum Gasteiger partial charge on any atom is -0.272 e. The molecule has 0 unspecified atom stereocenters. The Hall–Kier alpha value is -1.37. The fraction of sp³-hybridized carbons (Fsp3) is 0.357. The molecule has 7 heteroatoms. The Morgan fingerprint density at radius 2 is 1.95 bits per heavy atom. The molecule has 0 spiro atoms. The Kier molecular flexibility index (Phi) is 4.41. The highest BCUT2D eigenvalue weighted by atomic mass is 35.5. The predicted molar refractivity (Wildman–Crippen MR) is 82.9 cm³/mol. The van der Waals surface area contributed by atoms with Crippen LogP contribution >= 0.6 is 11.6 Å². The first-order valence-corrected chi connectivity index (χ1v) is 8.33. The molecule has 0 bridgehead atoms. The molecule has 0 amide bonds. The average Bonchev–Trinajstić information content (AvgIpc) is 2.64. The van der Waals surface area contributed by atoms with Gasteiger partial charge in [-0.2, -0.15) is 5.10 Å². The van der Waals surface area contributed by atoms with Crippen LogP contribution in [-0.2, 0) is 23.6 Å². The second-order valence-corrected chi connectivity index (χ2v) is 7.18. The Morgan fingerprint density at radius 3 is 2.48 bits per heavy atom. The molecule has 1 aromatic heterocycles. The summed E-state index contributed by atoms with van der Waals surface area (Å²) in [5.41, 5.74) is 3.49. The molecular weight excluding hydrogens is 310 g/mol. The summed E-state index contributed by atoms with van der Waals surface area (Å²) in [6.07, 6.45) is 0. The summed E-state index contributed by atoms with van der Waals surface area (Å²) in [6, 6.07) is 4.70. The average molecular weight is 328 g/mol. The number of hydrogen-bond acceptors (Lipinski definition) is 3. The molecule has 0 saturated carbocycles. The molecule has 5 nitrogen and oxygen atoms in total. The number of halogens is 1. The van der Waals surface area contributed by atoms with Crippen molar-refractivity contribution in [1.29, 1.82) is 0 Å². The van der Waals surface area contributed by atoms with Crippen LogP contribution in [0.5, 0.6) is 0 Å². The number of sulfonamides is 1. The van der Waals surface area contributed by atoms with Gasteiger partial charge in [-0.3, -0.25) is 4.68 Å². The van der Waals surface area contributed by atoms with E-state index in [1.54, 1.807) is 16.8 Å². The molecule has 0 saturated heterocycles. The monoisotopic (exact) mass is 327 g/mol. The predicted octanol–water partition coefficient (Wildman–Crippen LogP) is 2.48. The van der Waals surface area contributed by atoms with Crippen molar-refractivity contribution in [1.82, 2.24) is 14.5 Å². The zero-order chi connectivity index (χ0) is 15.8. The smallest absolute Gasteiger partial charge is 0.240 e. The molecule has 1 aromatic carbocycles. The van der Waals surface area contributed by atoms with Gasteiger partial charge < -0.3 is 0 Å². The Balaban J connectivity index is 2.23. The van der Waals surface area contributed by atoms with Gasteiger partial charge >= 0.3 is 0 Å². The van der Waals surface area contributed by atoms with E-state index in [1.165, 1.54) is 6.07 Å². The fourth-order valence-electron chi connectivity index (χ4n) is 2.06. The van der Waals surface area contributed by atoms with E-state index in [1.807, 2.05) is 27.8 Å². The number of aromatic nitrogens is 2. The van der Waals surface area contributed by atoms with E-state index in [4.69, 9.17) is 11.6 Å². The van der Waals surface area contributed by atoms with Gasteiger partial charge in [0.05, 0.1) is 10.6 Å². The van der Waals surface area contributed by atoms with Crippen molar-refractivity contribution in [3.05, 3.63) is 45.7 Å². The number of hydrogen-bond donors (Lipinski definition) is 1. The summed E-state index contributed by atoms with van der Waals surface area (Å²) in [5, 5.41) is 4.71. The summed E-state index contributed by atoms with van der Waals surface area (Å²) < 4.78 is 28.9. The minimum atomic E-state index is -3.59. The maximum Gasteiger partial charge on any atom is 0.240 e. The van der Waals surface area contributed by atoms with E-state index in [9.17, 15) is 8.42 Å². The van der Waals surface area contributed by atoms with Crippen molar-refractivity contribution in [3.63, 3.8) is 0 Å². The van der Waals surface area contributed by atoms with Crippen LogP contribution in [0.3, 0.4) is 0 Å². The SMILES string of the molecule is Cc1ccc(S(=O)(=O)NCc2c(C)nn(C)c2C)cc1Cl. The normalized spacial score (nSPS) is 11.9. The van der Waals surface area contributed by atoms with Gasteiger partial charge in [0, 0.05) is 29.9 Å². The largest absolute Gasteiger partial charge is 0.272 e. The van der Waals surface area contributed by atoms with Gasteiger partial charge in [0.25, 0.3) is 0 Å². The molecule has 114 valence electrons. The summed E-state index contributed by atoms with van der Waals surface area (Å²) in [5.74, 6) is 0. The third-order valence-corrected chi connectivity index (χ3v) is 5.36. The number of rotatable bonds is 4. The quantitative estimate of drug-likeness (QED) is 0.938. The van der Waals surface area contributed by atoms with Crippen molar-refractivity contribution in [3.8, 4) is 0 Å². The number of benzene rings is 1. The molecule has 21 heavy (non-hydrogen) atoms. The molecular formula is C14H18ClN3O2S. The molecule has 0 atom stereocenters. The fourth-order valence-corrected chi connectivity index (χ4v) is 3.33. The Labute approximate surface area is 130 Å². The Morgan fingerprint density at radius 1 is 1.29 bits per heavy atom. The lowest BCUT2D eigenvalue weighted by molar-refractivity contribution is 0.581. The van der Waals surface area contributed by atoms with Gasteiger partial charge in [-0.1, -0.05) is 17.7 Å². The van der Waals surface area contributed by atoms with E-state index in [0.717, 1.165) is 22.5 Å². The highest BCUT2D eigenvalue weighted by Crippen LogP contribution is 2.20. The molecule has 0 aliphatic carbocycles. The molecule has 2 aromatic rings. The maximum absolute atomic E-state index is 12.3. The topological polar surface area (TPSA) is 64.0 Å². The zero-order valence-electron chi connectivity index (χ0n) is 12.4. The molecule has 0 aliphatic heterocycles. The molecule has 1 N–H and O–H groups in total. The van der Waals surface area contributed by atoms with Crippen LogP contribution in [0.25, 0.3) is 0 Å². The lowest BCUT2D eigenvalue weighted by atomic mass is 10.2. The number of nitrogens with one attached hydrogen (secondary N) is 1. The van der Waals surface area contributed by atoms with Gasteiger partial charge in [-0.05, 0) is 38.5 Å². The van der Waals surface area contributed by atoms with Crippen molar-refractivity contribution in [2.24, 2.45) is 7.05 Å². The van der Waals surface area contributed by atoms with E-state index in [0.29, 0.717) is 5.02 Å². The third-order valence-electron chi connectivity index (χ3n) is 3.55. The molecule has 0 fully saturated rings. The van der Waals surface area contributed by atoms with Crippen LogP contribution in [0.1, 0.15) is 22.5 Å². The molecule has 2 rings (SSSR count). The molecule has 0 aliphatic rings. The first-order valence-electron chi connectivity index (χ1n) is 6.47. The van der Waals surface area contributed by atoms with Crippen molar-refractivity contribution in [2.75, 3.05) is 0 Å². The van der Waals surface area contributed by atoms with Gasteiger partial charge in [-0.15, -0.1) is 0 Å². The zero-order valence-corrected chi connectivity index (χ0v) is 14.0. The van der Waals surface area contributed by atoms with Crippen LogP contribution in [0.15, 0.2) is 23.1 Å². The molecule has 0 radical (unpaired) electrons. The van der Waals surface area contributed by atoms with Crippen LogP contribution in [0.2, 0.25) is 5.02 Å². The van der Waals surface area contributed by atoms with Gasteiger partial charge in [0.15, 0.2) is 0 Å². The first kappa shape index (κ1) is 16.0. The standard InChI is InChI=1S/C14H18ClN3O2S/c1-9-5-6-12(7-14(9)15)21(19,20)16-8-13-10(2)17-18(4)11(13)3/h5-7,16H,8H2,1-4H3. The van der Waals surface area contributed by atoms with Gasteiger partial charge in [0.1, 0.15) is 0 Å². The van der Waals surface area contributed by atoms with E-state index in [2.05, 4.69) is 9.82 Å². The molecule has 1 heterocycles. The van der Waals surface area contributed by atoms with Crippen LogP contribution in [0, 0.1) is 20.8 Å². The van der Waals surface area contributed by atoms with Crippen LogP contribution < -0.4 is 4.72 Å². The van der Waals surface area contributed by atoms with Crippen LogP contribution in [0.4, 0.5) is 0 Å². The summed E-state index contributed by atoms with van der Waals surface area (Å²) >= 11 is 5.99. The highest BCUT2D eigenvalue weighted by Gasteiger charge is 2.17. The first-order chi connectivity index (χ1) is 9.72. The summed E-state index contributed by atoms with van der Waals surface area (Å²) in [4.78, 5) is 0.164. The van der Waals surface area contributed by atoms with E-state index in [-0.39, 0.29) is 11.4 Å². The van der Waals surface area contributed by atoms with Crippen LogP contribution in [-0.4, -0.2) is 18.2 Å². The third kappa shape index (κ3) is 3.28. The van der Waals surface area contributed by atoms with Crippen molar-refractivity contribution in [2.45, 2.75) is 32.2 Å². The second kappa shape index (κ2) is 5.79. The second-order valence-electron chi connectivity index (χ2n) is 5.01. The number of aryl methyl sites for hydroxylation is 3. The maximum atomic E-state index is 12.3. The van der Waals surface area contributed by atoms with E-state index < -0.39 is 10.0 Å². The lowest BCUT2D eigenvalue weighted by Crippen LogP contribution is -2.23. The van der Waals surface area contributed by atoms with E-state index >= 15 is 0 Å². The summed E-state index contributed by atoms with van der Waals surface area (Å²) in [6.45, 7) is 5.81.